The highest BCUT2D eigenvalue weighted by molar-refractivity contribution is 5.91. The molecule has 0 saturated heterocycles. The van der Waals surface area contributed by atoms with Crippen molar-refractivity contribution in [2.45, 2.75) is 19.3 Å². The van der Waals surface area contributed by atoms with E-state index in [1.165, 1.54) is 0 Å². The van der Waals surface area contributed by atoms with E-state index in [0.717, 1.165) is 16.7 Å². The molecular weight excluding hydrogens is 251 g/mol. The Balaban J connectivity index is 2.52. The fourth-order valence-electron chi connectivity index (χ4n) is 2.99. The second-order valence-electron chi connectivity index (χ2n) is 5.40. The Morgan fingerprint density at radius 3 is 2.60 bits per heavy atom. The Bertz CT molecular complexity index is 820. The van der Waals surface area contributed by atoms with Crippen molar-refractivity contribution in [1.82, 2.24) is 0 Å². The fourth-order valence-corrected chi connectivity index (χ4v) is 2.99. The Hall–Kier alpha value is -2.65. The zero-order valence-corrected chi connectivity index (χ0v) is 11.2. The minimum absolute atomic E-state index is 0.0444. The van der Waals surface area contributed by atoms with Gasteiger partial charge in [0.05, 0.1) is 12.1 Å². The highest BCUT2D eigenvalue weighted by Crippen LogP contribution is 2.53. The maximum atomic E-state index is 14.2. The number of nitrogens with zero attached hydrogens (tertiary/aromatic N) is 2. The summed E-state index contributed by atoms with van der Waals surface area (Å²) >= 11 is 0. The zero-order valence-electron chi connectivity index (χ0n) is 11.2. The number of hydrogen-bond acceptors (Lipinski definition) is 1. The number of hydrogen-bond donors (Lipinski definition) is 0. The van der Waals surface area contributed by atoms with Crippen LogP contribution in [0.5, 0.6) is 0 Å². The van der Waals surface area contributed by atoms with Crippen molar-refractivity contribution in [1.29, 1.82) is 5.26 Å². The van der Waals surface area contributed by atoms with E-state index in [-0.39, 0.29) is 16.7 Å². The maximum absolute atomic E-state index is 14.2. The van der Waals surface area contributed by atoms with Crippen molar-refractivity contribution in [3.63, 3.8) is 0 Å². The Morgan fingerprint density at radius 2 is 1.95 bits per heavy atom. The first kappa shape index (κ1) is 12.4. The van der Waals surface area contributed by atoms with E-state index in [2.05, 4.69) is 4.85 Å². The molecule has 1 aliphatic rings. The van der Waals surface area contributed by atoms with Gasteiger partial charge in [0.25, 0.3) is 0 Å². The topological polar surface area (TPSA) is 28.1 Å². The highest BCUT2D eigenvalue weighted by Gasteiger charge is 2.38. The normalized spacial score (nSPS) is 14.1. The van der Waals surface area contributed by atoms with Crippen molar-refractivity contribution < 1.29 is 4.39 Å². The molecule has 0 unspecified atom stereocenters. The largest absolute Gasteiger partial charge is 0.234 e. The lowest BCUT2D eigenvalue weighted by Gasteiger charge is -2.21. The van der Waals surface area contributed by atoms with Crippen LogP contribution in [-0.2, 0) is 5.41 Å². The molecular formula is C17H11FN2. The second-order valence-corrected chi connectivity index (χ2v) is 5.40. The van der Waals surface area contributed by atoms with Gasteiger partial charge in [-0.15, -0.1) is 0 Å². The summed E-state index contributed by atoms with van der Waals surface area (Å²) in [5.41, 5.74) is 3.01. The average molecular weight is 262 g/mol. The van der Waals surface area contributed by atoms with Crippen molar-refractivity contribution in [2.24, 2.45) is 0 Å². The molecule has 96 valence electrons. The number of nitriles is 1. The van der Waals surface area contributed by atoms with Crippen LogP contribution in [0, 0.1) is 23.7 Å². The molecule has 2 aromatic rings. The molecule has 0 radical (unpaired) electrons. The van der Waals surface area contributed by atoms with E-state index in [4.69, 9.17) is 11.8 Å². The molecule has 2 aromatic carbocycles. The number of rotatable bonds is 0. The molecule has 0 aromatic heterocycles. The van der Waals surface area contributed by atoms with Gasteiger partial charge in [-0.25, -0.2) is 9.24 Å². The third-order valence-corrected chi connectivity index (χ3v) is 4.01. The summed E-state index contributed by atoms with van der Waals surface area (Å²) in [4.78, 5) is 3.34. The van der Waals surface area contributed by atoms with Gasteiger partial charge in [-0.1, -0.05) is 38.1 Å². The van der Waals surface area contributed by atoms with Gasteiger partial charge in [-0.3, -0.25) is 0 Å². The monoisotopic (exact) mass is 262 g/mol. The highest BCUT2D eigenvalue weighted by atomic mass is 19.1. The lowest BCUT2D eigenvalue weighted by molar-refractivity contribution is 0.624. The molecule has 1 aliphatic carbocycles. The summed E-state index contributed by atoms with van der Waals surface area (Å²) in [7, 11) is 0. The smallest absolute Gasteiger partial charge is 0.231 e. The minimum atomic E-state index is -0.714. The second kappa shape index (κ2) is 3.92. The molecule has 20 heavy (non-hydrogen) atoms. The summed E-state index contributed by atoms with van der Waals surface area (Å²) < 4.78 is 14.2. The Morgan fingerprint density at radius 1 is 1.25 bits per heavy atom. The van der Waals surface area contributed by atoms with Gasteiger partial charge in [0.2, 0.25) is 5.69 Å². The van der Waals surface area contributed by atoms with Crippen LogP contribution in [0.2, 0.25) is 0 Å². The van der Waals surface area contributed by atoms with E-state index in [9.17, 15) is 4.39 Å². The first-order chi connectivity index (χ1) is 9.52. The molecule has 0 N–H and O–H groups in total. The van der Waals surface area contributed by atoms with Crippen LogP contribution in [0.1, 0.15) is 30.5 Å². The van der Waals surface area contributed by atoms with Crippen LogP contribution in [0.15, 0.2) is 30.3 Å². The van der Waals surface area contributed by atoms with E-state index < -0.39 is 5.82 Å². The molecule has 0 amide bonds. The van der Waals surface area contributed by atoms with Gasteiger partial charge in [-0.05, 0) is 28.3 Å². The van der Waals surface area contributed by atoms with Gasteiger partial charge in [0.15, 0.2) is 0 Å². The van der Waals surface area contributed by atoms with Gasteiger partial charge in [-0.2, -0.15) is 5.26 Å². The number of benzene rings is 2. The first-order valence-corrected chi connectivity index (χ1v) is 6.26. The SMILES string of the molecule is [C-]#[N+]c1c(F)c(C#N)cc2c1-c1ccccc1C2(C)C. The summed E-state index contributed by atoms with van der Waals surface area (Å²) in [5, 5.41) is 9.06. The van der Waals surface area contributed by atoms with Crippen molar-refractivity contribution >= 4 is 5.69 Å². The van der Waals surface area contributed by atoms with Crippen LogP contribution in [0.4, 0.5) is 10.1 Å². The van der Waals surface area contributed by atoms with Crippen LogP contribution in [0.3, 0.4) is 0 Å². The van der Waals surface area contributed by atoms with E-state index >= 15 is 0 Å². The van der Waals surface area contributed by atoms with E-state index in [1.807, 2.05) is 44.2 Å². The van der Waals surface area contributed by atoms with Crippen LogP contribution in [-0.4, -0.2) is 0 Å². The predicted octanol–water partition coefficient (Wildman–Crippen LogP) is 4.55. The van der Waals surface area contributed by atoms with Crippen molar-refractivity contribution in [3.8, 4) is 17.2 Å². The third kappa shape index (κ3) is 1.35. The quantitative estimate of drug-likeness (QED) is 0.640. The minimum Gasteiger partial charge on any atom is -0.234 e. The van der Waals surface area contributed by atoms with Gasteiger partial charge >= 0.3 is 0 Å². The molecule has 0 heterocycles. The molecule has 0 saturated carbocycles. The van der Waals surface area contributed by atoms with E-state index in [0.29, 0.717) is 5.56 Å². The predicted molar refractivity (Wildman–Crippen MR) is 74.9 cm³/mol. The molecule has 3 rings (SSSR count). The average Bonchev–Trinajstić information content (AvgIpc) is 2.67. The molecule has 3 heteroatoms. The van der Waals surface area contributed by atoms with Gasteiger partial charge in [0.1, 0.15) is 11.9 Å². The zero-order chi connectivity index (χ0) is 14.5. The molecule has 0 spiro atoms. The van der Waals surface area contributed by atoms with Crippen LogP contribution < -0.4 is 0 Å². The number of fused-ring (bicyclic) bond motifs is 3. The van der Waals surface area contributed by atoms with E-state index in [1.54, 1.807) is 6.07 Å². The summed E-state index contributed by atoms with van der Waals surface area (Å²) in [6.45, 7) is 11.3. The summed E-state index contributed by atoms with van der Waals surface area (Å²) in [6.07, 6.45) is 0. The summed E-state index contributed by atoms with van der Waals surface area (Å²) in [6, 6.07) is 11.1. The molecule has 0 atom stereocenters. The van der Waals surface area contributed by atoms with Crippen molar-refractivity contribution in [2.75, 3.05) is 0 Å². The van der Waals surface area contributed by atoms with Crippen molar-refractivity contribution in [3.05, 3.63) is 64.3 Å². The van der Waals surface area contributed by atoms with Crippen LogP contribution >= 0.6 is 0 Å². The number of halogens is 1. The third-order valence-electron chi connectivity index (χ3n) is 4.01. The molecule has 0 bridgehead atoms. The molecule has 0 aliphatic heterocycles. The Labute approximate surface area is 116 Å². The summed E-state index contributed by atoms with van der Waals surface area (Å²) in [5.74, 6) is -0.714. The van der Waals surface area contributed by atoms with Gasteiger partial charge in [0, 0.05) is 5.41 Å². The maximum Gasteiger partial charge on any atom is 0.231 e. The van der Waals surface area contributed by atoms with Crippen LogP contribution in [0.25, 0.3) is 16.0 Å². The molecule has 0 fully saturated rings. The first-order valence-electron chi connectivity index (χ1n) is 6.26. The lowest BCUT2D eigenvalue weighted by Crippen LogP contribution is -2.15. The lowest BCUT2D eigenvalue weighted by atomic mass is 9.82. The molecule has 2 nitrogen and oxygen atoms in total. The standard InChI is InChI=1S/C17H11FN2/c1-17(2)12-7-5-4-6-11(12)14-13(17)8-10(9-19)15(18)16(14)20-3/h4-8H,1-2H3. The fraction of sp³-hybridized carbons (Fsp3) is 0.176. The van der Waals surface area contributed by atoms with Gasteiger partial charge < -0.3 is 0 Å². The Kier molecular flexibility index (Phi) is 2.43.